The zero-order valence-corrected chi connectivity index (χ0v) is 36.0. The molecule has 4 aromatic carbocycles. The van der Waals surface area contributed by atoms with E-state index in [4.69, 9.17) is 28.4 Å². The Kier molecular flexibility index (Phi) is 18.7. The van der Waals surface area contributed by atoms with Gasteiger partial charge in [-0.3, -0.25) is 0 Å². The minimum absolute atomic E-state index is 0.176. The molecule has 0 amide bonds. The predicted molar refractivity (Wildman–Crippen MR) is 223 cm³/mol. The summed E-state index contributed by atoms with van der Waals surface area (Å²) in [5, 5.41) is 0. The van der Waals surface area contributed by atoms with Crippen LogP contribution in [0.4, 0.5) is 26.3 Å². The van der Waals surface area contributed by atoms with Gasteiger partial charge in [-0.2, -0.15) is 26.3 Å². The summed E-state index contributed by atoms with van der Waals surface area (Å²) in [4.78, 5) is 24.8. The lowest BCUT2D eigenvalue weighted by Gasteiger charge is -2.19. The zero-order valence-electron chi connectivity index (χ0n) is 36.0. The summed E-state index contributed by atoms with van der Waals surface area (Å²) in [6.45, 7) is 11.6. The Morgan fingerprint density at radius 3 is 1.16 bits per heavy atom. The van der Waals surface area contributed by atoms with Crippen LogP contribution >= 0.6 is 0 Å². The molecule has 8 nitrogen and oxygen atoms in total. The van der Waals surface area contributed by atoms with Crippen LogP contribution < -0.4 is 9.47 Å². The van der Waals surface area contributed by atoms with E-state index in [2.05, 4.69) is 0 Å². The van der Waals surface area contributed by atoms with Crippen molar-refractivity contribution in [2.45, 2.75) is 117 Å². The van der Waals surface area contributed by atoms with Crippen LogP contribution in [0.5, 0.6) is 11.5 Å². The lowest BCUT2D eigenvalue weighted by Crippen LogP contribution is -2.30. The minimum atomic E-state index is -4.92. The first kappa shape index (κ1) is 49.6. The molecule has 2 unspecified atom stereocenters. The fourth-order valence-corrected chi connectivity index (χ4v) is 6.68. The molecular weight excluding hydrogens is 819 g/mol. The van der Waals surface area contributed by atoms with Crippen molar-refractivity contribution in [1.29, 1.82) is 0 Å². The Hall–Kier alpha value is -5.08. The van der Waals surface area contributed by atoms with Crippen molar-refractivity contribution in [2.24, 2.45) is 0 Å². The monoisotopic (exact) mass is 874 g/mol. The lowest BCUT2D eigenvalue weighted by molar-refractivity contribution is -0.161. The number of hydrogen-bond acceptors (Lipinski definition) is 8. The molecule has 4 rings (SSSR count). The molecule has 0 radical (unpaired) electrons. The van der Waals surface area contributed by atoms with Gasteiger partial charge in [-0.15, -0.1) is 0 Å². The molecule has 0 spiro atoms. The number of esters is 2. The molecule has 0 aliphatic rings. The van der Waals surface area contributed by atoms with E-state index in [0.717, 1.165) is 35.4 Å². The van der Waals surface area contributed by atoms with E-state index in [1.807, 2.05) is 0 Å². The predicted octanol–water partition coefficient (Wildman–Crippen LogP) is 11.2. The average molecular weight is 875 g/mol. The van der Waals surface area contributed by atoms with E-state index >= 15 is 0 Å². The first-order valence-electron chi connectivity index (χ1n) is 20.9. The maximum absolute atomic E-state index is 14.4. The summed E-state index contributed by atoms with van der Waals surface area (Å²) in [6.07, 6.45) is -10.2. The first-order chi connectivity index (χ1) is 29.4. The number of aryl methyl sites for hydroxylation is 2. The van der Waals surface area contributed by atoms with Crippen LogP contribution in [0.3, 0.4) is 0 Å². The largest absolute Gasteiger partial charge is 0.494 e. The van der Waals surface area contributed by atoms with Gasteiger partial charge in [-0.1, -0.05) is 48.5 Å². The Morgan fingerprint density at radius 1 is 0.516 bits per heavy atom. The number of rotatable bonds is 23. The highest BCUT2D eigenvalue weighted by Gasteiger charge is 2.39. The number of alkyl halides is 6. The fraction of sp³-hybridized carbons (Fsp3) is 0.458. The second-order valence-electron chi connectivity index (χ2n) is 15.2. The van der Waals surface area contributed by atoms with Gasteiger partial charge in [0.05, 0.1) is 36.5 Å². The molecule has 0 heterocycles. The highest BCUT2D eigenvalue weighted by molar-refractivity contribution is 5.76. The minimum Gasteiger partial charge on any atom is -0.494 e. The van der Waals surface area contributed by atoms with Gasteiger partial charge in [0, 0.05) is 26.1 Å². The third kappa shape index (κ3) is 15.7. The SMILES string of the molecule is CCOC(Cc1ccc(OCCCc2ccc(-c3ccc(CCCOc4ccc(CC(OCC)C(=O)OC(C)C)cc4)cc3C(F)(F)F)c(C(F)(F)F)c2)cc1)C(=O)OC(C)C. The van der Waals surface area contributed by atoms with Crippen LogP contribution in [0.25, 0.3) is 11.1 Å². The highest BCUT2D eigenvalue weighted by atomic mass is 19.4. The Bertz CT molecular complexity index is 1870. The van der Waals surface area contributed by atoms with Crippen molar-refractivity contribution in [3.63, 3.8) is 0 Å². The third-order valence-corrected chi connectivity index (χ3v) is 9.48. The molecule has 0 aliphatic carbocycles. The van der Waals surface area contributed by atoms with Crippen molar-refractivity contribution in [2.75, 3.05) is 26.4 Å². The van der Waals surface area contributed by atoms with E-state index in [1.54, 1.807) is 90.1 Å². The Morgan fingerprint density at radius 2 is 0.855 bits per heavy atom. The van der Waals surface area contributed by atoms with Gasteiger partial charge in [0.1, 0.15) is 11.5 Å². The summed E-state index contributed by atoms with van der Waals surface area (Å²) in [6, 6.07) is 20.8. The topological polar surface area (TPSA) is 89.5 Å². The molecule has 2 atom stereocenters. The molecule has 0 aromatic heterocycles. The van der Waals surface area contributed by atoms with Crippen molar-refractivity contribution in [3.05, 3.63) is 118 Å². The van der Waals surface area contributed by atoms with Crippen molar-refractivity contribution >= 4 is 11.9 Å². The second-order valence-corrected chi connectivity index (χ2v) is 15.2. The van der Waals surface area contributed by atoms with Gasteiger partial charge in [-0.05, 0) is 137 Å². The quantitative estimate of drug-likeness (QED) is 0.0414. The molecular formula is C48H56F6O8. The summed E-state index contributed by atoms with van der Waals surface area (Å²) in [5.74, 6) is 0.147. The van der Waals surface area contributed by atoms with Gasteiger partial charge in [0.15, 0.2) is 12.2 Å². The average Bonchev–Trinajstić information content (AvgIpc) is 3.20. The Labute approximate surface area is 359 Å². The van der Waals surface area contributed by atoms with Crippen LogP contribution in [-0.4, -0.2) is 62.8 Å². The third-order valence-electron chi connectivity index (χ3n) is 9.48. The molecule has 0 N–H and O–H groups in total. The lowest BCUT2D eigenvalue weighted by atomic mass is 9.91. The summed E-state index contributed by atoms with van der Waals surface area (Å²) >= 11 is 0. The number of benzene rings is 4. The number of ether oxygens (including phenoxy) is 6. The van der Waals surface area contributed by atoms with Crippen molar-refractivity contribution in [1.82, 2.24) is 0 Å². The van der Waals surface area contributed by atoms with Crippen LogP contribution in [0, 0.1) is 0 Å². The molecule has 0 aliphatic heterocycles. The number of halogens is 6. The van der Waals surface area contributed by atoms with Crippen molar-refractivity contribution < 1.29 is 64.4 Å². The number of carbonyl (C=O) groups is 2. The molecule has 62 heavy (non-hydrogen) atoms. The second kappa shape index (κ2) is 23.4. The van der Waals surface area contributed by atoms with Gasteiger partial charge in [-0.25, -0.2) is 9.59 Å². The zero-order chi connectivity index (χ0) is 45.5. The van der Waals surface area contributed by atoms with Gasteiger partial charge >= 0.3 is 24.3 Å². The molecule has 0 saturated carbocycles. The first-order valence-corrected chi connectivity index (χ1v) is 20.9. The molecule has 0 fully saturated rings. The number of carbonyl (C=O) groups excluding carboxylic acids is 2. The van der Waals surface area contributed by atoms with Crippen LogP contribution in [-0.2, 0) is 66.6 Å². The molecule has 4 aromatic rings. The summed E-state index contributed by atoms with van der Waals surface area (Å²) in [7, 11) is 0. The maximum Gasteiger partial charge on any atom is 0.417 e. The Balaban J connectivity index is 1.35. The summed E-state index contributed by atoms with van der Waals surface area (Å²) < 4.78 is 120. The van der Waals surface area contributed by atoms with Gasteiger partial charge in [0.2, 0.25) is 0 Å². The molecule has 0 bridgehead atoms. The normalized spacial score (nSPS) is 12.9. The van der Waals surface area contributed by atoms with Crippen molar-refractivity contribution in [3.8, 4) is 22.6 Å². The summed E-state index contributed by atoms with van der Waals surface area (Å²) in [5.41, 5.74) is -1.19. The van der Waals surface area contributed by atoms with E-state index in [-0.39, 0.29) is 38.3 Å². The fourth-order valence-electron chi connectivity index (χ4n) is 6.68. The van der Waals surface area contributed by atoms with Gasteiger partial charge < -0.3 is 28.4 Å². The highest BCUT2D eigenvalue weighted by Crippen LogP contribution is 2.43. The maximum atomic E-state index is 14.4. The number of hydrogen-bond donors (Lipinski definition) is 0. The van der Waals surface area contributed by atoms with Crippen LogP contribution in [0.1, 0.15) is 87.8 Å². The van der Waals surface area contributed by atoms with E-state index in [0.29, 0.717) is 61.5 Å². The molecule has 0 saturated heterocycles. The standard InChI is InChI=1S/C48H56F6O8/c1-7-57-43(45(55)61-31(3)4)29-35-13-19-37(20-14-35)59-25-9-11-33-17-23-39(41(27-33)47(49,50)51)40-24-18-34(28-42(40)48(52,53)54)12-10-26-60-38-21-15-36(16-22-38)30-44(58-8-2)46(56)62-32(5)6/h13-24,27-28,31-32,43-44H,7-12,25-26,29-30H2,1-6H3. The molecule has 338 valence electrons. The van der Waals surface area contributed by atoms with E-state index < -0.39 is 58.8 Å². The van der Waals surface area contributed by atoms with Crippen LogP contribution in [0.15, 0.2) is 84.9 Å². The van der Waals surface area contributed by atoms with Gasteiger partial charge in [0.25, 0.3) is 0 Å². The van der Waals surface area contributed by atoms with E-state index in [9.17, 15) is 35.9 Å². The van der Waals surface area contributed by atoms with Crippen LogP contribution in [0.2, 0.25) is 0 Å². The molecule has 14 heteroatoms. The van der Waals surface area contributed by atoms with E-state index in [1.165, 1.54) is 12.1 Å². The smallest absolute Gasteiger partial charge is 0.417 e.